The Bertz CT molecular complexity index is 790. The Morgan fingerprint density at radius 3 is 2.71 bits per heavy atom. The van der Waals surface area contributed by atoms with Gasteiger partial charge in [-0.15, -0.1) is 0 Å². The first kappa shape index (κ1) is 15.2. The van der Waals surface area contributed by atoms with Gasteiger partial charge in [0.25, 0.3) is 0 Å². The van der Waals surface area contributed by atoms with Crippen molar-refractivity contribution in [2.45, 2.75) is 31.8 Å². The zero-order valence-corrected chi connectivity index (χ0v) is 14.1. The molecule has 1 atom stereocenters. The molecule has 0 saturated carbocycles. The molecule has 3 aromatic rings. The minimum atomic E-state index is 0.528. The average molecular weight is 317 g/mol. The maximum atomic E-state index is 4.28. The lowest BCUT2D eigenvalue weighted by Gasteiger charge is -2.33. The van der Waals surface area contributed by atoms with E-state index in [9.17, 15) is 0 Å². The Hall–Kier alpha value is -2.39. The van der Waals surface area contributed by atoms with Gasteiger partial charge in [-0.2, -0.15) is 5.10 Å². The number of hydrogen-bond acceptors (Lipinski definition) is 2. The average Bonchev–Trinajstić information content (AvgIpc) is 3.16. The highest BCUT2D eigenvalue weighted by Gasteiger charge is 2.23. The molecule has 0 amide bonds. The molecule has 0 spiro atoms. The first-order valence-electron chi connectivity index (χ1n) is 8.68. The van der Waals surface area contributed by atoms with Crippen LogP contribution >= 0.6 is 0 Å². The minimum absolute atomic E-state index is 0.528. The molecular formula is C21H23N3. The molecule has 1 aliphatic rings. The van der Waals surface area contributed by atoms with E-state index in [0.717, 1.165) is 12.2 Å². The number of fused-ring (bicyclic) bond motifs is 1. The summed E-state index contributed by atoms with van der Waals surface area (Å²) in [5.74, 6) is 0. The summed E-state index contributed by atoms with van der Waals surface area (Å²) in [4.78, 5) is 2.49. The van der Waals surface area contributed by atoms with Crippen LogP contribution in [-0.2, 0) is 13.0 Å². The number of aromatic nitrogens is 2. The molecule has 0 N–H and O–H groups in total. The van der Waals surface area contributed by atoms with Gasteiger partial charge in [0.2, 0.25) is 0 Å². The van der Waals surface area contributed by atoms with Gasteiger partial charge in [-0.25, -0.2) is 4.68 Å². The van der Waals surface area contributed by atoms with Crippen LogP contribution < -0.4 is 0 Å². The largest absolute Gasteiger partial charge is 0.295 e. The third-order valence-corrected chi connectivity index (χ3v) is 5.01. The van der Waals surface area contributed by atoms with Crippen LogP contribution in [0, 0.1) is 0 Å². The van der Waals surface area contributed by atoms with Crippen LogP contribution in [-0.4, -0.2) is 21.7 Å². The summed E-state index contributed by atoms with van der Waals surface area (Å²) >= 11 is 0. The lowest BCUT2D eigenvalue weighted by atomic mass is 9.87. The maximum absolute atomic E-state index is 4.28. The van der Waals surface area contributed by atoms with Crippen molar-refractivity contribution in [3.8, 4) is 5.69 Å². The topological polar surface area (TPSA) is 21.1 Å². The summed E-state index contributed by atoms with van der Waals surface area (Å²) in [5.41, 5.74) is 5.49. The normalized spacial score (nSPS) is 17.0. The van der Waals surface area contributed by atoms with Gasteiger partial charge in [0, 0.05) is 25.0 Å². The second-order valence-electron chi connectivity index (χ2n) is 6.64. The molecule has 0 radical (unpaired) electrons. The highest BCUT2D eigenvalue weighted by Crippen LogP contribution is 2.34. The van der Waals surface area contributed by atoms with Gasteiger partial charge in [-0.05, 0) is 61.2 Å². The summed E-state index contributed by atoms with van der Waals surface area (Å²) in [6.45, 7) is 0.971. The van der Waals surface area contributed by atoms with Crippen molar-refractivity contribution in [2.24, 2.45) is 0 Å². The lowest BCUT2D eigenvalue weighted by Crippen LogP contribution is -2.27. The second kappa shape index (κ2) is 6.62. The molecule has 0 bridgehead atoms. The highest BCUT2D eigenvalue weighted by molar-refractivity contribution is 5.35. The first-order valence-corrected chi connectivity index (χ1v) is 8.68. The molecule has 4 rings (SSSR count). The van der Waals surface area contributed by atoms with E-state index < -0.39 is 0 Å². The van der Waals surface area contributed by atoms with Gasteiger partial charge in [0.1, 0.15) is 0 Å². The van der Waals surface area contributed by atoms with E-state index in [1.54, 1.807) is 0 Å². The van der Waals surface area contributed by atoms with Crippen molar-refractivity contribution in [3.05, 3.63) is 83.7 Å². The van der Waals surface area contributed by atoms with Crippen LogP contribution in [0.5, 0.6) is 0 Å². The van der Waals surface area contributed by atoms with Gasteiger partial charge in [-0.1, -0.05) is 36.4 Å². The van der Waals surface area contributed by atoms with Gasteiger partial charge < -0.3 is 0 Å². The molecule has 1 aromatic heterocycles. The van der Waals surface area contributed by atoms with Crippen LogP contribution in [0.15, 0.2) is 67.0 Å². The second-order valence-corrected chi connectivity index (χ2v) is 6.64. The van der Waals surface area contributed by atoms with Crippen LogP contribution in [0.4, 0.5) is 0 Å². The van der Waals surface area contributed by atoms with E-state index in [1.807, 2.05) is 23.1 Å². The van der Waals surface area contributed by atoms with E-state index in [1.165, 1.54) is 36.0 Å². The molecule has 0 aliphatic heterocycles. The van der Waals surface area contributed by atoms with Crippen molar-refractivity contribution in [2.75, 3.05) is 7.05 Å². The third kappa shape index (κ3) is 3.00. The summed E-state index contributed by atoms with van der Waals surface area (Å²) in [6, 6.07) is 20.1. The molecule has 122 valence electrons. The van der Waals surface area contributed by atoms with Crippen LogP contribution in [0.25, 0.3) is 5.69 Å². The standard InChI is InChI=1S/C21H23N3/c1-23(21-9-4-7-18-6-2-3-8-20(18)21)16-17-10-12-19(13-11-17)24-15-5-14-22-24/h2-3,5-6,8,10-15,21H,4,7,9,16H2,1H3/t21-/m0/s1. The maximum Gasteiger partial charge on any atom is 0.0645 e. The van der Waals surface area contributed by atoms with Crippen LogP contribution in [0.1, 0.15) is 35.6 Å². The molecule has 3 nitrogen and oxygen atoms in total. The molecule has 1 aliphatic carbocycles. The zero-order chi connectivity index (χ0) is 16.4. The Morgan fingerprint density at radius 2 is 1.92 bits per heavy atom. The van der Waals surface area contributed by atoms with E-state index >= 15 is 0 Å². The Labute approximate surface area is 143 Å². The Kier molecular flexibility index (Phi) is 4.18. The van der Waals surface area contributed by atoms with E-state index in [2.05, 4.69) is 65.6 Å². The fourth-order valence-corrected chi connectivity index (χ4v) is 3.76. The van der Waals surface area contributed by atoms with Gasteiger partial charge in [0.05, 0.1) is 5.69 Å². The first-order chi connectivity index (χ1) is 11.8. The number of rotatable bonds is 4. The summed E-state index contributed by atoms with van der Waals surface area (Å²) < 4.78 is 1.89. The van der Waals surface area contributed by atoms with E-state index in [4.69, 9.17) is 0 Å². The van der Waals surface area contributed by atoms with Gasteiger partial charge in [-0.3, -0.25) is 4.90 Å². The molecule has 0 saturated heterocycles. The fraction of sp³-hybridized carbons (Fsp3) is 0.286. The highest BCUT2D eigenvalue weighted by atomic mass is 15.3. The number of nitrogens with zero attached hydrogens (tertiary/aromatic N) is 3. The molecule has 0 unspecified atom stereocenters. The number of benzene rings is 2. The molecule has 24 heavy (non-hydrogen) atoms. The third-order valence-electron chi connectivity index (χ3n) is 5.01. The monoisotopic (exact) mass is 317 g/mol. The summed E-state index contributed by atoms with van der Waals surface area (Å²) in [5, 5.41) is 4.28. The summed E-state index contributed by atoms with van der Waals surface area (Å²) in [7, 11) is 2.24. The van der Waals surface area contributed by atoms with Crippen LogP contribution in [0.2, 0.25) is 0 Å². The van der Waals surface area contributed by atoms with Crippen molar-refractivity contribution in [3.63, 3.8) is 0 Å². The molecule has 3 heteroatoms. The lowest BCUT2D eigenvalue weighted by molar-refractivity contribution is 0.213. The zero-order valence-electron chi connectivity index (χ0n) is 14.1. The van der Waals surface area contributed by atoms with Crippen LogP contribution in [0.3, 0.4) is 0 Å². The van der Waals surface area contributed by atoms with Gasteiger partial charge in [0.15, 0.2) is 0 Å². The minimum Gasteiger partial charge on any atom is -0.295 e. The molecule has 0 fully saturated rings. The molecular weight excluding hydrogens is 294 g/mol. The van der Waals surface area contributed by atoms with E-state index in [0.29, 0.717) is 6.04 Å². The van der Waals surface area contributed by atoms with Crippen molar-refractivity contribution in [1.82, 2.24) is 14.7 Å². The number of aryl methyl sites for hydroxylation is 1. The quantitative estimate of drug-likeness (QED) is 0.712. The molecule has 2 aromatic carbocycles. The predicted octanol–water partition coefficient (Wildman–Crippen LogP) is 4.38. The Balaban J connectivity index is 1.49. The summed E-state index contributed by atoms with van der Waals surface area (Å²) in [6.07, 6.45) is 7.53. The van der Waals surface area contributed by atoms with Gasteiger partial charge >= 0.3 is 0 Å². The number of hydrogen-bond donors (Lipinski definition) is 0. The Morgan fingerprint density at radius 1 is 1.08 bits per heavy atom. The van der Waals surface area contributed by atoms with Crippen molar-refractivity contribution < 1.29 is 0 Å². The SMILES string of the molecule is CN(Cc1ccc(-n2cccn2)cc1)[C@H]1CCCc2ccccc21. The predicted molar refractivity (Wildman–Crippen MR) is 97.2 cm³/mol. The van der Waals surface area contributed by atoms with Crippen molar-refractivity contribution in [1.29, 1.82) is 0 Å². The smallest absolute Gasteiger partial charge is 0.0645 e. The fourth-order valence-electron chi connectivity index (χ4n) is 3.76. The van der Waals surface area contributed by atoms with Crippen molar-refractivity contribution >= 4 is 0 Å². The van der Waals surface area contributed by atoms with E-state index in [-0.39, 0.29) is 0 Å². The molecule has 1 heterocycles.